The van der Waals surface area contributed by atoms with Crippen LogP contribution in [0.2, 0.25) is 0 Å². The number of carbonyl (C=O) groups is 1. The predicted octanol–water partition coefficient (Wildman–Crippen LogP) is 7.65. The molecule has 192 valence electrons. The van der Waals surface area contributed by atoms with Crippen LogP contribution in [0.3, 0.4) is 0 Å². The Kier molecular flexibility index (Phi) is 7.80. The van der Waals surface area contributed by atoms with E-state index >= 15 is 0 Å². The second-order valence-electron chi connectivity index (χ2n) is 12.3. The highest BCUT2D eigenvalue weighted by Crippen LogP contribution is 2.41. The molecule has 2 aromatic rings. The fraction of sp³-hybridized carbons (Fsp3) is 0.645. The summed E-state index contributed by atoms with van der Waals surface area (Å²) >= 11 is 0. The summed E-state index contributed by atoms with van der Waals surface area (Å²) in [5.74, 6) is 1.17. The number of ether oxygens (including phenoxy) is 1. The van der Waals surface area contributed by atoms with Gasteiger partial charge in [0.15, 0.2) is 0 Å². The van der Waals surface area contributed by atoms with E-state index in [9.17, 15) is 9.90 Å². The van der Waals surface area contributed by atoms with E-state index in [1.807, 2.05) is 6.92 Å². The molecule has 35 heavy (non-hydrogen) atoms. The van der Waals surface area contributed by atoms with Gasteiger partial charge in [0.25, 0.3) is 0 Å². The molecule has 4 nitrogen and oxygen atoms in total. The molecule has 2 saturated carbocycles. The number of hydrogen-bond acceptors (Lipinski definition) is 3. The number of aryl methyl sites for hydroxylation is 1. The van der Waals surface area contributed by atoms with Crippen molar-refractivity contribution in [2.24, 2.45) is 16.7 Å². The van der Waals surface area contributed by atoms with Crippen molar-refractivity contribution in [1.29, 1.82) is 0 Å². The molecule has 0 radical (unpaired) electrons. The largest absolute Gasteiger partial charge is 0.490 e. The zero-order chi connectivity index (χ0) is 25.2. The lowest BCUT2D eigenvalue weighted by Gasteiger charge is -2.37. The Labute approximate surface area is 211 Å². The Hall–Kier alpha value is -2.07. The van der Waals surface area contributed by atoms with E-state index in [1.54, 1.807) is 0 Å². The maximum atomic E-state index is 11.8. The fourth-order valence-electron chi connectivity index (χ4n) is 6.44. The lowest BCUT2D eigenvalue weighted by molar-refractivity contribution is -0.151. The molecule has 0 heterocycles. The Morgan fingerprint density at radius 1 is 1.06 bits per heavy atom. The molecule has 0 spiro atoms. The van der Waals surface area contributed by atoms with E-state index in [4.69, 9.17) is 4.74 Å². The van der Waals surface area contributed by atoms with Crippen molar-refractivity contribution in [3.8, 4) is 5.75 Å². The van der Waals surface area contributed by atoms with Crippen LogP contribution in [-0.4, -0.2) is 23.2 Å². The van der Waals surface area contributed by atoms with Gasteiger partial charge in [-0.3, -0.25) is 4.79 Å². The maximum Gasteiger partial charge on any atom is 0.309 e. The third-order valence-electron chi connectivity index (χ3n) is 9.16. The summed E-state index contributed by atoms with van der Waals surface area (Å²) in [6.07, 6.45) is 9.05. The number of hydrogen-bond donors (Lipinski definition) is 2. The summed E-state index contributed by atoms with van der Waals surface area (Å²) in [6, 6.07) is 11.2. The molecular weight excluding hydrogens is 434 g/mol. The highest BCUT2D eigenvalue weighted by Gasteiger charge is 2.40. The van der Waals surface area contributed by atoms with Crippen LogP contribution in [0.1, 0.15) is 96.6 Å². The van der Waals surface area contributed by atoms with Crippen LogP contribution in [0.25, 0.3) is 10.8 Å². The first-order valence-electron chi connectivity index (χ1n) is 13.8. The van der Waals surface area contributed by atoms with Crippen LogP contribution in [0.4, 0.5) is 0 Å². The molecular formula is C31H45NO3. The van der Waals surface area contributed by atoms with Gasteiger partial charge in [-0.2, -0.15) is 0 Å². The van der Waals surface area contributed by atoms with Gasteiger partial charge in [-0.15, -0.1) is 0 Å². The highest BCUT2D eigenvalue weighted by molar-refractivity contribution is 5.90. The minimum atomic E-state index is -0.625. The quantitative estimate of drug-likeness (QED) is 0.428. The Morgan fingerprint density at radius 3 is 2.26 bits per heavy atom. The van der Waals surface area contributed by atoms with Crippen LogP contribution < -0.4 is 10.1 Å². The third kappa shape index (κ3) is 5.69. The number of nitrogens with one attached hydrogen (secondary N) is 1. The van der Waals surface area contributed by atoms with Crippen molar-refractivity contribution >= 4 is 16.7 Å². The normalized spacial score (nSPS) is 27.6. The molecule has 0 saturated heterocycles. The molecule has 0 bridgehead atoms. The van der Waals surface area contributed by atoms with Crippen molar-refractivity contribution in [2.75, 3.05) is 0 Å². The molecule has 2 fully saturated rings. The fourth-order valence-corrected chi connectivity index (χ4v) is 6.44. The number of benzene rings is 2. The minimum Gasteiger partial charge on any atom is -0.490 e. The number of rotatable bonds is 7. The van der Waals surface area contributed by atoms with Crippen molar-refractivity contribution < 1.29 is 14.6 Å². The summed E-state index contributed by atoms with van der Waals surface area (Å²) < 4.78 is 6.74. The molecule has 4 rings (SSSR count). The zero-order valence-electron chi connectivity index (χ0n) is 22.5. The molecule has 0 atom stereocenters. The lowest BCUT2D eigenvalue weighted by Crippen LogP contribution is -2.41. The predicted molar refractivity (Wildman–Crippen MR) is 144 cm³/mol. The van der Waals surface area contributed by atoms with Gasteiger partial charge in [0.1, 0.15) is 5.75 Å². The first kappa shape index (κ1) is 26.0. The van der Waals surface area contributed by atoms with E-state index in [0.29, 0.717) is 17.9 Å². The SMILES string of the molecule is CCC1(C(=O)O)CCC(NCc2c(OC3CCC(C(C)(C)C)CC3)cc(C)c3ccccc23)CC1. The monoisotopic (exact) mass is 479 g/mol. The molecule has 4 heteroatoms. The van der Waals surface area contributed by atoms with Crippen LogP contribution in [0, 0.1) is 23.7 Å². The van der Waals surface area contributed by atoms with Gasteiger partial charge in [-0.1, -0.05) is 52.0 Å². The van der Waals surface area contributed by atoms with E-state index in [1.165, 1.54) is 34.7 Å². The Morgan fingerprint density at radius 2 is 1.69 bits per heavy atom. The molecule has 2 aliphatic rings. The van der Waals surface area contributed by atoms with Gasteiger partial charge in [0.2, 0.25) is 0 Å². The number of aliphatic carboxylic acids is 1. The first-order valence-corrected chi connectivity index (χ1v) is 13.8. The molecule has 2 aliphatic carbocycles. The molecule has 0 aliphatic heterocycles. The van der Waals surface area contributed by atoms with Gasteiger partial charge in [0, 0.05) is 18.2 Å². The van der Waals surface area contributed by atoms with Crippen LogP contribution in [0.5, 0.6) is 5.75 Å². The number of carboxylic acid groups (broad SMARTS) is 1. The standard InChI is InChI=1S/C31H45NO3/c1-6-31(29(33)34)17-15-23(16-18-31)32-20-27-26-10-8-7-9-25(26)21(2)19-28(27)35-24-13-11-22(12-14-24)30(3,4)5/h7-10,19,22-24,32H,6,11-18,20H2,1-5H3,(H,33,34). The molecule has 2 aromatic carbocycles. The van der Waals surface area contributed by atoms with Gasteiger partial charge in [-0.05, 0) is 98.4 Å². The second-order valence-corrected chi connectivity index (χ2v) is 12.3. The van der Waals surface area contributed by atoms with Crippen molar-refractivity contribution in [3.63, 3.8) is 0 Å². The maximum absolute atomic E-state index is 11.8. The summed E-state index contributed by atoms with van der Waals surface area (Å²) in [6.45, 7) is 12.0. The lowest BCUT2D eigenvalue weighted by atomic mass is 9.71. The van der Waals surface area contributed by atoms with Crippen molar-refractivity contribution in [3.05, 3.63) is 41.5 Å². The minimum absolute atomic E-state index is 0.281. The zero-order valence-corrected chi connectivity index (χ0v) is 22.5. The molecule has 2 N–H and O–H groups in total. The smallest absolute Gasteiger partial charge is 0.309 e. The third-order valence-corrected chi connectivity index (χ3v) is 9.16. The second kappa shape index (κ2) is 10.5. The Balaban J connectivity index is 1.49. The van der Waals surface area contributed by atoms with Gasteiger partial charge in [0.05, 0.1) is 11.5 Å². The van der Waals surface area contributed by atoms with E-state index < -0.39 is 11.4 Å². The van der Waals surface area contributed by atoms with E-state index in [2.05, 4.69) is 63.3 Å². The van der Waals surface area contributed by atoms with Crippen LogP contribution in [0.15, 0.2) is 30.3 Å². The van der Waals surface area contributed by atoms with Crippen molar-refractivity contribution in [2.45, 2.75) is 111 Å². The van der Waals surface area contributed by atoms with Crippen molar-refractivity contribution in [1.82, 2.24) is 5.32 Å². The molecule has 0 amide bonds. The Bertz CT molecular complexity index is 1020. The van der Waals surface area contributed by atoms with Crippen LogP contribution in [-0.2, 0) is 11.3 Å². The number of carboxylic acids is 1. The molecule has 0 unspecified atom stereocenters. The van der Waals surface area contributed by atoms with Gasteiger partial charge in [-0.25, -0.2) is 0 Å². The van der Waals surface area contributed by atoms with Gasteiger partial charge < -0.3 is 15.2 Å². The average Bonchev–Trinajstić information content (AvgIpc) is 2.84. The summed E-state index contributed by atoms with van der Waals surface area (Å²) in [5, 5.41) is 16.1. The summed E-state index contributed by atoms with van der Waals surface area (Å²) in [5.41, 5.74) is 2.34. The van der Waals surface area contributed by atoms with Gasteiger partial charge >= 0.3 is 5.97 Å². The average molecular weight is 480 g/mol. The molecule has 0 aromatic heterocycles. The van der Waals surface area contributed by atoms with E-state index in [0.717, 1.165) is 56.7 Å². The topological polar surface area (TPSA) is 58.6 Å². The van der Waals surface area contributed by atoms with Crippen LogP contribution >= 0.6 is 0 Å². The summed E-state index contributed by atoms with van der Waals surface area (Å²) in [4.78, 5) is 11.8. The summed E-state index contributed by atoms with van der Waals surface area (Å²) in [7, 11) is 0. The number of fused-ring (bicyclic) bond motifs is 1. The first-order chi connectivity index (χ1) is 16.6. The van der Waals surface area contributed by atoms with E-state index in [-0.39, 0.29) is 6.10 Å². The highest BCUT2D eigenvalue weighted by atomic mass is 16.5.